The van der Waals surface area contributed by atoms with E-state index in [1.54, 1.807) is 0 Å². The molecule has 0 aliphatic carbocycles. The molecule has 0 bridgehead atoms. The minimum absolute atomic E-state index is 0.000593. The van der Waals surface area contributed by atoms with Crippen molar-refractivity contribution < 1.29 is 0 Å². The van der Waals surface area contributed by atoms with E-state index in [2.05, 4.69) is 35.4 Å². The molecule has 168 valence electrons. The van der Waals surface area contributed by atoms with E-state index in [0.717, 1.165) is 54.5 Å². The first kappa shape index (κ1) is 21.3. The van der Waals surface area contributed by atoms with E-state index in [0.29, 0.717) is 27.1 Å². The van der Waals surface area contributed by atoms with Crippen LogP contribution < -0.4 is 15.9 Å². The van der Waals surface area contributed by atoms with Crippen LogP contribution in [-0.2, 0) is 6.42 Å². The second-order valence-corrected chi connectivity index (χ2v) is 8.71. The molecule has 0 atom stereocenters. The lowest BCUT2D eigenvalue weighted by atomic mass is 10.0. The van der Waals surface area contributed by atoms with Crippen molar-refractivity contribution in [3.8, 4) is 0 Å². The average molecular weight is 440 g/mol. The third-order valence-corrected chi connectivity index (χ3v) is 6.48. The number of aromatic nitrogens is 2. The number of nitrogens with zero attached hydrogens (tertiary/aromatic N) is 2. The van der Waals surface area contributed by atoms with Gasteiger partial charge in [0.2, 0.25) is 0 Å². The Bertz CT molecular complexity index is 1620. The first-order valence-electron chi connectivity index (χ1n) is 11.9. The molecule has 5 heteroatoms. The maximum absolute atomic E-state index is 13.6. The van der Waals surface area contributed by atoms with Gasteiger partial charge in [0.25, 0.3) is 0 Å². The number of hydrogen-bond acceptors (Lipinski definition) is 3. The maximum atomic E-state index is 13.6. The summed E-state index contributed by atoms with van der Waals surface area (Å²) in [5.41, 5.74) is 4.28. The Morgan fingerprint density at radius 1 is 0.727 bits per heavy atom. The van der Waals surface area contributed by atoms with Crippen LogP contribution in [0.5, 0.6) is 0 Å². The van der Waals surface area contributed by atoms with Crippen LogP contribution in [0.15, 0.2) is 64.2 Å². The second kappa shape index (κ2) is 8.39. The fourth-order valence-electron chi connectivity index (χ4n) is 4.89. The van der Waals surface area contributed by atoms with Crippen molar-refractivity contribution in [2.24, 2.45) is 0 Å². The fourth-order valence-corrected chi connectivity index (χ4v) is 4.89. The van der Waals surface area contributed by atoms with E-state index >= 15 is 0 Å². The van der Waals surface area contributed by atoms with Crippen LogP contribution >= 0.6 is 0 Å². The van der Waals surface area contributed by atoms with E-state index in [-0.39, 0.29) is 10.9 Å². The lowest BCUT2D eigenvalue weighted by molar-refractivity contribution is 0.595. The molecule has 0 radical (unpaired) electrons. The Balaban J connectivity index is 1.96. The number of fused-ring (bicyclic) bond motifs is 4. The van der Waals surface area contributed by atoms with Crippen molar-refractivity contribution in [3.63, 3.8) is 0 Å². The Morgan fingerprint density at radius 2 is 1.42 bits per heavy atom. The number of hydrogen-bond donors (Lipinski definition) is 1. The number of H-pyrrole nitrogens is 1. The van der Waals surface area contributed by atoms with Gasteiger partial charge < -0.3 is 9.99 Å². The Labute approximate surface area is 192 Å². The molecule has 0 fully saturated rings. The predicted molar refractivity (Wildman–Crippen MR) is 139 cm³/mol. The standard InChI is InChI=1S/C28H29N3O2/c1-4-13-30(14-5-2)31-25-10-8-7-9-19(25)27(32)22-16-24-21(17-26(22)31)28(33)20-15-18(6-3)11-12-23(20)29-24/h7-12,15-17H,4-6,13-14H2,1-3H3,(H,29,33). The van der Waals surface area contributed by atoms with Crippen molar-refractivity contribution in [2.75, 3.05) is 18.1 Å². The van der Waals surface area contributed by atoms with Gasteiger partial charge in [-0.05, 0) is 61.2 Å². The lowest BCUT2D eigenvalue weighted by Gasteiger charge is -2.30. The molecule has 3 aromatic carbocycles. The minimum Gasteiger partial charge on any atom is -0.354 e. The molecule has 5 rings (SSSR count). The minimum atomic E-state index is -0.00558. The van der Waals surface area contributed by atoms with Crippen molar-refractivity contribution in [1.82, 2.24) is 9.66 Å². The van der Waals surface area contributed by atoms with Crippen LogP contribution in [0.1, 0.15) is 39.2 Å². The van der Waals surface area contributed by atoms with Crippen LogP contribution in [0.4, 0.5) is 0 Å². The highest BCUT2D eigenvalue weighted by Crippen LogP contribution is 2.25. The third kappa shape index (κ3) is 3.39. The molecule has 0 saturated heterocycles. The molecular weight excluding hydrogens is 410 g/mol. The van der Waals surface area contributed by atoms with E-state index in [1.807, 2.05) is 54.6 Å². The van der Waals surface area contributed by atoms with Crippen molar-refractivity contribution in [3.05, 3.63) is 80.6 Å². The molecule has 2 aromatic heterocycles. The molecule has 2 heterocycles. The molecular formula is C28H29N3O2. The predicted octanol–water partition coefficient (Wildman–Crippen LogP) is 5.47. The summed E-state index contributed by atoms with van der Waals surface area (Å²) in [4.78, 5) is 30.5. The Kier molecular flexibility index (Phi) is 5.41. The van der Waals surface area contributed by atoms with E-state index in [1.165, 1.54) is 0 Å². The highest BCUT2D eigenvalue weighted by molar-refractivity contribution is 6.03. The molecule has 0 saturated carbocycles. The van der Waals surface area contributed by atoms with E-state index in [4.69, 9.17) is 0 Å². The summed E-state index contributed by atoms with van der Waals surface area (Å²) < 4.78 is 2.16. The number of rotatable bonds is 6. The first-order valence-corrected chi connectivity index (χ1v) is 11.9. The summed E-state index contributed by atoms with van der Waals surface area (Å²) in [5, 5.41) is 4.91. The number of para-hydroxylation sites is 1. The van der Waals surface area contributed by atoms with Crippen molar-refractivity contribution in [2.45, 2.75) is 40.0 Å². The van der Waals surface area contributed by atoms with Gasteiger partial charge in [0, 0.05) is 34.8 Å². The zero-order valence-electron chi connectivity index (χ0n) is 19.4. The van der Waals surface area contributed by atoms with Crippen LogP contribution in [0.25, 0.3) is 43.6 Å². The quantitative estimate of drug-likeness (QED) is 0.357. The summed E-state index contributed by atoms with van der Waals surface area (Å²) in [6.07, 6.45) is 2.85. The molecule has 0 unspecified atom stereocenters. The number of pyridine rings is 2. The van der Waals surface area contributed by atoms with Gasteiger partial charge in [-0.2, -0.15) is 0 Å². The van der Waals surface area contributed by atoms with Crippen molar-refractivity contribution in [1.29, 1.82) is 0 Å². The highest BCUT2D eigenvalue weighted by atomic mass is 16.1. The first-order chi connectivity index (χ1) is 16.1. The van der Waals surface area contributed by atoms with Gasteiger partial charge in [-0.1, -0.05) is 39.0 Å². The molecule has 33 heavy (non-hydrogen) atoms. The fraction of sp³-hybridized carbons (Fsp3) is 0.286. The number of aromatic amines is 1. The van der Waals surface area contributed by atoms with Gasteiger partial charge in [0.1, 0.15) is 0 Å². The van der Waals surface area contributed by atoms with Gasteiger partial charge in [-0.15, -0.1) is 0 Å². The third-order valence-electron chi connectivity index (χ3n) is 6.48. The summed E-state index contributed by atoms with van der Waals surface area (Å²) in [6, 6.07) is 17.5. The van der Waals surface area contributed by atoms with Crippen LogP contribution in [0, 0.1) is 0 Å². The molecule has 0 aliphatic rings. The average Bonchev–Trinajstić information content (AvgIpc) is 2.84. The largest absolute Gasteiger partial charge is 0.354 e. The van der Waals surface area contributed by atoms with Gasteiger partial charge in [-0.25, -0.2) is 0 Å². The van der Waals surface area contributed by atoms with E-state index < -0.39 is 0 Å². The summed E-state index contributed by atoms with van der Waals surface area (Å²) in [7, 11) is 0. The second-order valence-electron chi connectivity index (χ2n) is 8.71. The summed E-state index contributed by atoms with van der Waals surface area (Å²) in [5.74, 6) is 0. The van der Waals surface area contributed by atoms with Crippen molar-refractivity contribution >= 4 is 43.6 Å². The SMILES string of the molecule is CCCN(CCC)n1c2ccccc2c(=O)c2cc3[nH]c4ccc(CC)cc4c(=O)c3cc21. The molecule has 0 amide bonds. The van der Waals surface area contributed by atoms with Crippen LogP contribution in [0.3, 0.4) is 0 Å². The molecule has 1 N–H and O–H groups in total. The van der Waals surface area contributed by atoms with Crippen LogP contribution in [-0.4, -0.2) is 22.7 Å². The molecule has 5 aromatic rings. The zero-order valence-corrected chi connectivity index (χ0v) is 19.4. The maximum Gasteiger partial charge on any atom is 0.197 e. The smallest absolute Gasteiger partial charge is 0.197 e. The molecule has 0 spiro atoms. The Hall–Kier alpha value is -3.60. The van der Waals surface area contributed by atoms with Gasteiger partial charge in [0.15, 0.2) is 10.9 Å². The number of nitrogens with one attached hydrogen (secondary N) is 1. The number of benzene rings is 3. The molecule has 5 nitrogen and oxygen atoms in total. The lowest BCUT2D eigenvalue weighted by Crippen LogP contribution is -2.37. The monoisotopic (exact) mass is 439 g/mol. The van der Waals surface area contributed by atoms with Gasteiger partial charge in [-0.3, -0.25) is 14.3 Å². The Morgan fingerprint density at radius 3 is 2.15 bits per heavy atom. The highest BCUT2D eigenvalue weighted by Gasteiger charge is 2.17. The van der Waals surface area contributed by atoms with Gasteiger partial charge in [0.05, 0.1) is 21.9 Å². The normalized spacial score (nSPS) is 11.7. The summed E-state index contributed by atoms with van der Waals surface area (Å²) in [6.45, 7) is 8.13. The van der Waals surface area contributed by atoms with E-state index in [9.17, 15) is 9.59 Å². The topological polar surface area (TPSA) is 58.1 Å². The van der Waals surface area contributed by atoms with Crippen LogP contribution in [0.2, 0.25) is 0 Å². The van der Waals surface area contributed by atoms with Gasteiger partial charge >= 0.3 is 0 Å². The zero-order chi connectivity index (χ0) is 23.1. The summed E-state index contributed by atoms with van der Waals surface area (Å²) >= 11 is 0. The molecule has 0 aliphatic heterocycles. The number of aryl methyl sites for hydroxylation is 1.